The molecule has 0 fully saturated rings. The van der Waals surface area contributed by atoms with Crippen LogP contribution >= 0.6 is 0 Å². The van der Waals surface area contributed by atoms with Gasteiger partial charge in [0.25, 0.3) is 0 Å². The summed E-state index contributed by atoms with van der Waals surface area (Å²) in [5.41, 5.74) is 1.46. The second-order valence-electron chi connectivity index (χ2n) is 3.30. The summed E-state index contributed by atoms with van der Waals surface area (Å²) in [6.45, 7) is 0. The van der Waals surface area contributed by atoms with Crippen molar-refractivity contribution < 1.29 is 5.11 Å². The average molecular weight is 209 g/mol. The van der Waals surface area contributed by atoms with Crippen LogP contribution in [0.1, 0.15) is 17.4 Å². The van der Waals surface area contributed by atoms with Gasteiger partial charge >= 0.3 is 0 Å². The summed E-state index contributed by atoms with van der Waals surface area (Å²) < 4.78 is 0. The molecule has 78 valence electrons. The van der Waals surface area contributed by atoms with Gasteiger partial charge in [0.1, 0.15) is 11.8 Å². The van der Waals surface area contributed by atoms with Crippen LogP contribution in [0.5, 0.6) is 0 Å². The predicted octanol–water partition coefficient (Wildman–Crippen LogP) is 2.17. The Kier molecular flexibility index (Phi) is 3.32. The quantitative estimate of drug-likeness (QED) is 0.730. The van der Waals surface area contributed by atoms with Crippen molar-refractivity contribution in [3.63, 3.8) is 0 Å². The van der Waals surface area contributed by atoms with E-state index in [1.807, 2.05) is 48.5 Å². The number of hydrogen-bond donors (Lipinski definition) is 1. The standard InChI is InChI=1S/C14H11NO/c16-14(12-6-2-1-3-7-12)10-9-13-8-4-5-11-15-13/h1-8,11,14,16H. The fourth-order valence-corrected chi connectivity index (χ4v) is 1.30. The van der Waals surface area contributed by atoms with Crippen molar-refractivity contribution in [2.45, 2.75) is 6.10 Å². The maximum atomic E-state index is 9.78. The molecular weight excluding hydrogens is 198 g/mol. The number of aliphatic hydroxyl groups excluding tert-OH is 1. The van der Waals surface area contributed by atoms with E-state index in [9.17, 15) is 5.11 Å². The molecule has 1 aromatic carbocycles. The van der Waals surface area contributed by atoms with Gasteiger partial charge in [0.05, 0.1) is 0 Å². The van der Waals surface area contributed by atoms with Gasteiger partial charge < -0.3 is 5.11 Å². The zero-order valence-corrected chi connectivity index (χ0v) is 8.67. The molecule has 0 aliphatic heterocycles. The van der Waals surface area contributed by atoms with Gasteiger partial charge in [0.2, 0.25) is 0 Å². The van der Waals surface area contributed by atoms with E-state index in [0.29, 0.717) is 5.69 Å². The molecule has 0 spiro atoms. The lowest BCUT2D eigenvalue weighted by Crippen LogP contribution is -1.92. The number of aliphatic hydroxyl groups is 1. The number of aromatic nitrogens is 1. The molecule has 0 saturated carbocycles. The van der Waals surface area contributed by atoms with Gasteiger partial charge in [-0.2, -0.15) is 0 Å². The van der Waals surface area contributed by atoms with Crippen LogP contribution in [0.3, 0.4) is 0 Å². The molecule has 1 aromatic heterocycles. The summed E-state index contributed by atoms with van der Waals surface area (Å²) in [7, 11) is 0. The van der Waals surface area contributed by atoms with Crippen molar-refractivity contribution >= 4 is 0 Å². The van der Waals surface area contributed by atoms with Crippen molar-refractivity contribution in [3.8, 4) is 11.8 Å². The van der Waals surface area contributed by atoms with Crippen molar-refractivity contribution in [1.82, 2.24) is 4.98 Å². The Balaban J connectivity index is 2.15. The highest BCUT2D eigenvalue weighted by Gasteiger charge is 2.00. The lowest BCUT2D eigenvalue weighted by Gasteiger charge is -2.01. The molecule has 0 saturated heterocycles. The molecule has 0 aliphatic rings. The van der Waals surface area contributed by atoms with Crippen LogP contribution in [-0.4, -0.2) is 10.1 Å². The van der Waals surface area contributed by atoms with Crippen molar-refractivity contribution in [1.29, 1.82) is 0 Å². The van der Waals surface area contributed by atoms with E-state index in [1.165, 1.54) is 0 Å². The topological polar surface area (TPSA) is 33.1 Å². The molecule has 0 bridgehead atoms. The molecule has 2 nitrogen and oxygen atoms in total. The van der Waals surface area contributed by atoms with E-state index in [0.717, 1.165) is 5.56 Å². The molecule has 1 unspecified atom stereocenters. The molecule has 1 atom stereocenters. The Bertz CT molecular complexity index is 497. The fraction of sp³-hybridized carbons (Fsp3) is 0.0714. The third kappa shape index (κ3) is 2.69. The van der Waals surface area contributed by atoms with Gasteiger partial charge in [0.15, 0.2) is 0 Å². The Labute approximate surface area is 94.6 Å². The first-order valence-electron chi connectivity index (χ1n) is 5.02. The van der Waals surface area contributed by atoms with E-state index in [4.69, 9.17) is 0 Å². The van der Waals surface area contributed by atoms with Gasteiger partial charge in [-0.15, -0.1) is 0 Å². The predicted molar refractivity (Wildman–Crippen MR) is 62.5 cm³/mol. The number of rotatable bonds is 1. The summed E-state index contributed by atoms with van der Waals surface area (Å²) in [5, 5.41) is 9.78. The first-order chi connectivity index (χ1) is 7.86. The maximum Gasteiger partial charge on any atom is 0.140 e. The Morgan fingerprint density at radius 3 is 2.44 bits per heavy atom. The molecule has 16 heavy (non-hydrogen) atoms. The number of pyridine rings is 1. The minimum atomic E-state index is -0.761. The summed E-state index contributed by atoms with van der Waals surface area (Å²) in [5.74, 6) is 5.59. The van der Waals surface area contributed by atoms with Gasteiger partial charge in [-0.25, -0.2) is 4.98 Å². The van der Waals surface area contributed by atoms with Crippen LogP contribution in [0, 0.1) is 11.8 Å². The van der Waals surface area contributed by atoms with Gasteiger partial charge in [-0.05, 0) is 23.6 Å². The van der Waals surface area contributed by atoms with E-state index >= 15 is 0 Å². The molecule has 0 amide bonds. The third-order valence-corrected chi connectivity index (χ3v) is 2.12. The van der Waals surface area contributed by atoms with Gasteiger partial charge in [-0.1, -0.05) is 42.3 Å². The maximum absolute atomic E-state index is 9.78. The third-order valence-electron chi connectivity index (χ3n) is 2.12. The molecule has 1 N–H and O–H groups in total. The SMILES string of the molecule is OC(C#Cc1ccccn1)c1ccccc1. The number of benzene rings is 1. The highest BCUT2D eigenvalue weighted by atomic mass is 16.3. The fourth-order valence-electron chi connectivity index (χ4n) is 1.30. The highest BCUT2D eigenvalue weighted by molar-refractivity contribution is 5.32. The molecule has 2 heteroatoms. The van der Waals surface area contributed by atoms with Crippen LogP contribution < -0.4 is 0 Å². The Morgan fingerprint density at radius 2 is 1.75 bits per heavy atom. The first-order valence-corrected chi connectivity index (χ1v) is 5.02. The van der Waals surface area contributed by atoms with E-state index in [-0.39, 0.29) is 0 Å². The summed E-state index contributed by atoms with van der Waals surface area (Å²) in [6, 6.07) is 14.9. The molecule has 0 aliphatic carbocycles. The van der Waals surface area contributed by atoms with Crippen LogP contribution in [0.15, 0.2) is 54.7 Å². The zero-order chi connectivity index (χ0) is 11.2. The first kappa shape index (κ1) is 10.4. The largest absolute Gasteiger partial charge is 0.376 e. The van der Waals surface area contributed by atoms with Crippen molar-refractivity contribution in [3.05, 3.63) is 66.0 Å². The molecule has 0 radical (unpaired) electrons. The second-order valence-corrected chi connectivity index (χ2v) is 3.30. The summed E-state index contributed by atoms with van der Waals surface area (Å²) in [4.78, 5) is 4.06. The van der Waals surface area contributed by atoms with E-state index < -0.39 is 6.10 Å². The minimum Gasteiger partial charge on any atom is -0.376 e. The molecule has 2 rings (SSSR count). The lowest BCUT2D eigenvalue weighted by atomic mass is 10.1. The van der Waals surface area contributed by atoms with Crippen LogP contribution in [-0.2, 0) is 0 Å². The van der Waals surface area contributed by atoms with Crippen LogP contribution in [0.2, 0.25) is 0 Å². The molecular formula is C14H11NO. The lowest BCUT2D eigenvalue weighted by molar-refractivity contribution is 0.238. The molecule has 1 heterocycles. The zero-order valence-electron chi connectivity index (χ0n) is 8.67. The van der Waals surface area contributed by atoms with E-state index in [2.05, 4.69) is 16.8 Å². The number of nitrogens with zero attached hydrogens (tertiary/aromatic N) is 1. The summed E-state index contributed by atoms with van der Waals surface area (Å²) >= 11 is 0. The van der Waals surface area contributed by atoms with Gasteiger partial charge in [-0.3, -0.25) is 0 Å². The second kappa shape index (κ2) is 5.11. The van der Waals surface area contributed by atoms with E-state index in [1.54, 1.807) is 6.20 Å². The van der Waals surface area contributed by atoms with Gasteiger partial charge in [0, 0.05) is 6.20 Å². The smallest absolute Gasteiger partial charge is 0.140 e. The number of hydrogen-bond acceptors (Lipinski definition) is 2. The monoisotopic (exact) mass is 209 g/mol. The van der Waals surface area contributed by atoms with Crippen molar-refractivity contribution in [2.24, 2.45) is 0 Å². The van der Waals surface area contributed by atoms with Crippen molar-refractivity contribution in [2.75, 3.05) is 0 Å². The Morgan fingerprint density at radius 1 is 1.00 bits per heavy atom. The van der Waals surface area contributed by atoms with Crippen LogP contribution in [0.4, 0.5) is 0 Å². The highest BCUT2D eigenvalue weighted by Crippen LogP contribution is 2.10. The average Bonchev–Trinajstić information content (AvgIpc) is 2.38. The minimum absolute atomic E-state index is 0.664. The van der Waals surface area contributed by atoms with Crippen LogP contribution in [0.25, 0.3) is 0 Å². The Hall–Kier alpha value is -2.11. The summed E-state index contributed by atoms with van der Waals surface area (Å²) in [6.07, 6.45) is 0.919. The molecule has 2 aromatic rings. The normalized spacial score (nSPS) is 11.3.